The normalized spacial score (nSPS) is 11.5. The zero-order chi connectivity index (χ0) is 33.7. The van der Waals surface area contributed by atoms with Crippen molar-refractivity contribution in [1.29, 1.82) is 0 Å². The molecule has 0 spiro atoms. The van der Waals surface area contributed by atoms with Crippen molar-refractivity contribution in [1.82, 2.24) is 4.98 Å². The summed E-state index contributed by atoms with van der Waals surface area (Å²) < 4.78 is 13.0. The summed E-state index contributed by atoms with van der Waals surface area (Å²) in [5.41, 5.74) is 11.9. The summed E-state index contributed by atoms with van der Waals surface area (Å²) in [5.74, 6) is 0.580. The van der Waals surface area contributed by atoms with Crippen LogP contribution >= 0.6 is 0 Å². The lowest BCUT2D eigenvalue weighted by molar-refractivity contribution is 0.620. The smallest absolute Gasteiger partial charge is 0.228 e. The Morgan fingerprint density at radius 3 is 1.88 bits per heavy atom. The van der Waals surface area contributed by atoms with Crippen LogP contribution in [0.3, 0.4) is 0 Å². The van der Waals surface area contributed by atoms with Crippen LogP contribution in [-0.2, 0) is 0 Å². The summed E-state index contributed by atoms with van der Waals surface area (Å²) in [4.78, 5) is 7.31. The second-order valence-corrected chi connectivity index (χ2v) is 12.8. The van der Waals surface area contributed by atoms with E-state index in [4.69, 9.17) is 13.8 Å². The average molecular weight is 655 g/mol. The molecule has 0 amide bonds. The van der Waals surface area contributed by atoms with Crippen molar-refractivity contribution in [3.63, 3.8) is 0 Å². The van der Waals surface area contributed by atoms with Crippen LogP contribution in [0.1, 0.15) is 0 Å². The van der Waals surface area contributed by atoms with Gasteiger partial charge in [-0.2, -0.15) is 0 Å². The number of rotatable bonds is 6. The molecular weight excluding hydrogens is 625 g/mol. The molecule has 10 rings (SSSR count). The van der Waals surface area contributed by atoms with Crippen molar-refractivity contribution in [2.24, 2.45) is 0 Å². The number of oxazole rings is 1. The average Bonchev–Trinajstić information content (AvgIpc) is 3.81. The minimum atomic E-state index is 0.580. The molecule has 0 aliphatic heterocycles. The van der Waals surface area contributed by atoms with E-state index in [2.05, 4.69) is 144 Å². The molecule has 0 aliphatic carbocycles. The number of benzene rings is 8. The van der Waals surface area contributed by atoms with Crippen molar-refractivity contribution in [3.05, 3.63) is 182 Å². The highest BCUT2D eigenvalue weighted by Crippen LogP contribution is 2.43. The molecule has 2 aromatic heterocycles. The topological polar surface area (TPSA) is 42.4 Å². The van der Waals surface area contributed by atoms with Gasteiger partial charge in [0.1, 0.15) is 16.7 Å². The van der Waals surface area contributed by atoms with Gasteiger partial charge >= 0.3 is 0 Å². The molecule has 0 unspecified atom stereocenters. The van der Waals surface area contributed by atoms with Gasteiger partial charge in [0.25, 0.3) is 0 Å². The first kappa shape index (κ1) is 29.0. The molecule has 240 valence electrons. The van der Waals surface area contributed by atoms with Crippen molar-refractivity contribution in [2.45, 2.75) is 0 Å². The Morgan fingerprint density at radius 1 is 0.392 bits per heavy atom. The number of furan rings is 1. The van der Waals surface area contributed by atoms with E-state index in [0.29, 0.717) is 5.89 Å². The molecule has 4 heteroatoms. The van der Waals surface area contributed by atoms with Crippen LogP contribution in [0, 0.1) is 0 Å². The molecule has 51 heavy (non-hydrogen) atoms. The molecular formula is C47H30N2O2. The molecule has 10 aromatic rings. The first-order valence-corrected chi connectivity index (χ1v) is 17.1. The van der Waals surface area contributed by atoms with Crippen LogP contribution < -0.4 is 4.90 Å². The molecule has 0 N–H and O–H groups in total. The summed E-state index contributed by atoms with van der Waals surface area (Å²) in [6.45, 7) is 0. The third-order valence-corrected chi connectivity index (χ3v) is 9.70. The van der Waals surface area contributed by atoms with Crippen LogP contribution in [0.5, 0.6) is 0 Å². The van der Waals surface area contributed by atoms with E-state index in [0.717, 1.165) is 72.0 Å². The molecule has 4 nitrogen and oxygen atoms in total. The first-order chi connectivity index (χ1) is 25.3. The highest BCUT2D eigenvalue weighted by Gasteiger charge is 2.20. The van der Waals surface area contributed by atoms with Crippen molar-refractivity contribution in [3.8, 4) is 33.7 Å². The molecule has 0 bridgehead atoms. The quantitative estimate of drug-likeness (QED) is 0.179. The van der Waals surface area contributed by atoms with Crippen LogP contribution in [0.2, 0.25) is 0 Å². The Bertz CT molecular complexity index is 2850. The van der Waals surface area contributed by atoms with Gasteiger partial charge in [0.05, 0.1) is 0 Å². The van der Waals surface area contributed by atoms with Crippen LogP contribution in [0.4, 0.5) is 17.1 Å². The zero-order valence-electron chi connectivity index (χ0n) is 27.5. The van der Waals surface area contributed by atoms with Gasteiger partial charge in [-0.25, -0.2) is 4.98 Å². The third kappa shape index (κ3) is 5.04. The Labute approximate surface area is 294 Å². The zero-order valence-corrected chi connectivity index (χ0v) is 27.5. The molecule has 8 aromatic carbocycles. The Balaban J connectivity index is 1.12. The molecule has 0 aliphatic rings. The van der Waals surface area contributed by atoms with Gasteiger partial charge in [0, 0.05) is 44.9 Å². The molecule has 0 fully saturated rings. The second-order valence-electron chi connectivity index (χ2n) is 12.8. The number of nitrogens with zero attached hydrogens (tertiary/aromatic N) is 2. The van der Waals surface area contributed by atoms with E-state index in [-0.39, 0.29) is 0 Å². The number of hydrogen-bond donors (Lipinski definition) is 0. The highest BCUT2D eigenvalue weighted by molar-refractivity contribution is 6.13. The monoisotopic (exact) mass is 654 g/mol. The lowest BCUT2D eigenvalue weighted by atomic mass is 10.0. The van der Waals surface area contributed by atoms with Gasteiger partial charge < -0.3 is 13.7 Å². The van der Waals surface area contributed by atoms with Crippen LogP contribution in [0.25, 0.3) is 77.5 Å². The van der Waals surface area contributed by atoms with Gasteiger partial charge in [0.15, 0.2) is 5.58 Å². The minimum absolute atomic E-state index is 0.580. The maximum Gasteiger partial charge on any atom is 0.228 e. The fraction of sp³-hybridized carbons (Fsp3) is 0. The number of aromatic nitrogens is 1. The van der Waals surface area contributed by atoms with E-state index < -0.39 is 0 Å². The largest absolute Gasteiger partial charge is 0.456 e. The Hall–Kier alpha value is -6.91. The summed E-state index contributed by atoms with van der Waals surface area (Å²) in [5, 5.41) is 4.21. The summed E-state index contributed by atoms with van der Waals surface area (Å²) in [7, 11) is 0. The third-order valence-electron chi connectivity index (χ3n) is 9.70. The first-order valence-electron chi connectivity index (χ1n) is 17.1. The standard InChI is InChI=1S/C47H30N2O2/c1-3-11-31(12-4-1)33-21-24-36(25-22-33)49(37-17-9-16-35(29-37)32-13-5-2-6-14-32)38-26-27-40-44(30-38)50-42-20-10-19-41(45(40)42)47-48-46-39-18-8-7-15-34(39)23-28-43(46)51-47/h1-30H. The van der Waals surface area contributed by atoms with Gasteiger partial charge in [-0.1, -0.05) is 121 Å². The fourth-order valence-electron chi connectivity index (χ4n) is 7.24. The summed E-state index contributed by atoms with van der Waals surface area (Å²) in [6, 6.07) is 63.3. The SMILES string of the molecule is c1ccc(-c2ccc(N(c3cccc(-c4ccccc4)c3)c3ccc4c(c3)oc3cccc(-c5nc6c(ccc7ccccc76)o5)c34)cc2)cc1. The maximum atomic E-state index is 6.60. The van der Waals surface area contributed by atoms with E-state index in [1.807, 2.05) is 42.5 Å². The lowest BCUT2D eigenvalue weighted by Gasteiger charge is -2.26. The van der Waals surface area contributed by atoms with Crippen molar-refractivity contribution < 1.29 is 8.83 Å². The number of anilines is 3. The minimum Gasteiger partial charge on any atom is -0.456 e. The van der Waals surface area contributed by atoms with Gasteiger partial charge in [0.2, 0.25) is 5.89 Å². The highest BCUT2D eigenvalue weighted by atomic mass is 16.3. The predicted octanol–water partition coefficient (Wildman–Crippen LogP) is 13.4. The molecule has 2 heterocycles. The fourth-order valence-corrected chi connectivity index (χ4v) is 7.24. The van der Waals surface area contributed by atoms with Crippen LogP contribution in [0.15, 0.2) is 191 Å². The molecule has 0 saturated carbocycles. The Morgan fingerprint density at radius 2 is 1.06 bits per heavy atom. The van der Waals surface area contributed by atoms with E-state index in [1.165, 1.54) is 16.7 Å². The predicted molar refractivity (Wildman–Crippen MR) is 210 cm³/mol. The van der Waals surface area contributed by atoms with E-state index in [1.54, 1.807) is 0 Å². The number of hydrogen-bond acceptors (Lipinski definition) is 4. The van der Waals surface area contributed by atoms with Crippen molar-refractivity contribution >= 4 is 60.9 Å². The maximum absolute atomic E-state index is 6.60. The van der Waals surface area contributed by atoms with E-state index in [9.17, 15) is 0 Å². The number of fused-ring (bicyclic) bond motifs is 6. The second kappa shape index (κ2) is 11.9. The van der Waals surface area contributed by atoms with E-state index >= 15 is 0 Å². The summed E-state index contributed by atoms with van der Waals surface area (Å²) in [6.07, 6.45) is 0. The Kier molecular flexibility index (Phi) is 6.78. The van der Waals surface area contributed by atoms with Crippen molar-refractivity contribution in [2.75, 3.05) is 4.90 Å². The molecule has 0 radical (unpaired) electrons. The molecule has 0 saturated heterocycles. The molecule has 0 atom stereocenters. The van der Waals surface area contributed by atoms with Gasteiger partial charge in [-0.05, 0) is 82.2 Å². The van der Waals surface area contributed by atoms with Gasteiger partial charge in [-0.15, -0.1) is 0 Å². The lowest BCUT2D eigenvalue weighted by Crippen LogP contribution is -2.10. The van der Waals surface area contributed by atoms with Gasteiger partial charge in [-0.3, -0.25) is 0 Å². The van der Waals surface area contributed by atoms with Crippen LogP contribution in [-0.4, -0.2) is 4.98 Å². The summed E-state index contributed by atoms with van der Waals surface area (Å²) >= 11 is 0.